The maximum absolute atomic E-state index is 12.7. The van der Waals surface area contributed by atoms with Gasteiger partial charge in [0.1, 0.15) is 6.04 Å². The molecule has 0 saturated carbocycles. The Balaban J connectivity index is 1.49. The fraction of sp³-hybridized carbons (Fsp3) is 0.526. The highest BCUT2D eigenvalue weighted by atomic mass is 16.3. The van der Waals surface area contributed by atoms with Gasteiger partial charge < -0.3 is 15.3 Å². The second-order valence-electron chi connectivity index (χ2n) is 7.40. The number of hydrogen-bond acceptors (Lipinski definition) is 6. The Bertz CT molecular complexity index is 781. The number of rotatable bonds is 4. The van der Waals surface area contributed by atoms with E-state index in [0.717, 1.165) is 30.8 Å². The average Bonchev–Trinajstić information content (AvgIpc) is 2.98. The molecular formula is C19H24N4O4. The largest absolute Gasteiger partial charge is 0.395 e. The first-order valence-electron chi connectivity index (χ1n) is 9.39. The van der Waals surface area contributed by atoms with E-state index in [4.69, 9.17) is 0 Å². The van der Waals surface area contributed by atoms with Crippen LogP contribution in [0.3, 0.4) is 0 Å². The van der Waals surface area contributed by atoms with Crippen molar-refractivity contribution >= 4 is 17.7 Å². The normalized spacial score (nSPS) is 26.3. The lowest BCUT2D eigenvalue weighted by Crippen LogP contribution is -2.52. The van der Waals surface area contributed by atoms with Crippen LogP contribution in [0, 0.1) is 0 Å². The van der Waals surface area contributed by atoms with E-state index < -0.39 is 6.04 Å². The van der Waals surface area contributed by atoms with E-state index in [1.807, 2.05) is 18.2 Å². The lowest BCUT2D eigenvalue weighted by atomic mass is 10.0. The molecule has 3 aliphatic rings. The smallest absolute Gasteiger partial charge is 0.255 e. The molecule has 0 spiro atoms. The summed E-state index contributed by atoms with van der Waals surface area (Å²) in [6.45, 7) is 3.74. The lowest BCUT2D eigenvalue weighted by molar-refractivity contribution is -0.136. The van der Waals surface area contributed by atoms with Crippen LogP contribution in [0.4, 0.5) is 0 Å². The van der Waals surface area contributed by atoms with Crippen molar-refractivity contribution in [2.45, 2.75) is 38.0 Å². The number of nitrogens with one attached hydrogen (secondary N) is 2. The van der Waals surface area contributed by atoms with E-state index >= 15 is 0 Å². The van der Waals surface area contributed by atoms with Crippen molar-refractivity contribution in [2.24, 2.45) is 0 Å². The van der Waals surface area contributed by atoms with E-state index in [0.29, 0.717) is 25.1 Å². The molecule has 2 fully saturated rings. The highest BCUT2D eigenvalue weighted by molar-refractivity contribution is 6.05. The molecule has 27 heavy (non-hydrogen) atoms. The Morgan fingerprint density at radius 2 is 2.07 bits per heavy atom. The van der Waals surface area contributed by atoms with Gasteiger partial charge in [0.2, 0.25) is 11.8 Å². The summed E-state index contributed by atoms with van der Waals surface area (Å²) in [5.74, 6) is -0.821. The van der Waals surface area contributed by atoms with Gasteiger partial charge >= 0.3 is 0 Å². The number of hydrogen-bond donors (Lipinski definition) is 3. The molecule has 144 valence electrons. The van der Waals surface area contributed by atoms with Crippen molar-refractivity contribution < 1.29 is 19.5 Å². The van der Waals surface area contributed by atoms with Gasteiger partial charge in [-0.25, -0.2) is 0 Å². The minimum Gasteiger partial charge on any atom is -0.395 e. The molecule has 2 atom stereocenters. The number of fused-ring (bicyclic) bond motifs is 1. The van der Waals surface area contributed by atoms with E-state index in [1.165, 1.54) is 0 Å². The molecule has 3 N–H and O–H groups in total. The third-order valence-electron chi connectivity index (χ3n) is 5.66. The molecule has 3 heterocycles. The van der Waals surface area contributed by atoms with Gasteiger partial charge in [-0.15, -0.1) is 0 Å². The summed E-state index contributed by atoms with van der Waals surface area (Å²) in [6.07, 6.45) is 0.629. The summed E-state index contributed by atoms with van der Waals surface area (Å²) < 4.78 is 0. The highest BCUT2D eigenvalue weighted by Gasteiger charge is 2.39. The summed E-state index contributed by atoms with van der Waals surface area (Å²) in [5.41, 5.74) is 2.63. The Hall–Kier alpha value is -2.29. The van der Waals surface area contributed by atoms with Gasteiger partial charge in [0.15, 0.2) is 0 Å². The monoisotopic (exact) mass is 372 g/mol. The van der Waals surface area contributed by atoms with Gasteiger partial charge in [0.05, 0.1) is 6.61 Å². The van der Waals surface area contributed by atoms with Crippen LogP contribution in [0.1, 0.15) is 34.3 Å². The number of imide groups is 1. The maximum atomic E-state index is 12.7. The molecule has 4 rings (SSSR count). The van der Waals surface area contributed by atoms with Gasteiger partial charge in [0.25, 0.3) is 5.91 Å². The number of amides is 3. The highest BCUT2D eigenvalue weighted by Crippen LogP contribution is 2.28. The summed E-state index contributed by atoms with van der Waals surface area (Å²) >= 11 is 0. The molecule has 0 aliphatic carbocycles. The zero-order valence-corrected chi connectivity index (χ0v) is 15.1. The number of aliphatic hydroxyl groups excluding tert-OH is 1. The molecule has 3 aliphatic heterocycles. The molecule has 0 radical (unpaired) electrons. The van der Waals surface area contributed by atoms with Crippen LogP contribution in [0.2, 0.25) is 0 Å². The van der Waals surface area contributed by atoms with Gasteiger partial charge in [-0.05, 0) is 23.6 Å². The number of carbonyl (C=O) groups is 3. The van der Waals surface area contributed by atoms with Gasteiger partial charge in [-0.1, -0.05) is 12.1 Å². The number of aliphatic hydroxyl groups is 1. The van der Waals surface area contributed by atoms with Gasteiger partial charge in [-0.2, -0.15) is 0 Å². The van der Waals surface area contributed by atoms with Crippen molar-refractivity contribution in [3.63, 3.8) is 0 Å². The minimum atomic E-state index is -0.585. The van der Waals surface area contributed by atoms with E-state index in [2.05, 4.69) is 15.5 Å². The van der Waals surface area contributed by atoms with Crippen molar-refractivity contribution in [3.05, 3.63) is 34.9 Å². The standard InChI is InChI=1S/C19H24N4O4/c24-11-14-8-20-5-6-22(14)9-12-1-2-15-13(7-12)10-23(19(15)27)16-3-4-17(25)21-18(16)26/h1-2,7,14,16,20,24H,3-6,8-11H2,(H,21,25,26). The Morgan fingerprint density at radius 1 is 1.22 bits per heavy atom. The molecule has 2 unspecified atom stereocenters. The summed E-state index contributed by atoms with van der Waals surface area (Å²) in [4.78, 5) is 40.0. The Kier molecular flexibility index (Phi) is 4.94. The summed E-state index contributed by atoms with van der Waals surface area (Å²) in [5, 5.41) is 15.2. The number of carbonyl (C=O) groups excluding carboxylic acids is 3. The second-order valence-corrected chi connectivity index (χ2v) is 7.40. The fourth-order valence-electron chi connectivity index (χ4n) is 4.15. The second kappa shape index (κ2) is 7.38. The molecular weight excluding hydrogens is 348 g/mol. The molecule has 3 amide bonds. The minimum absolute atomic E-state index is 0.0913. The zero-order valence-electron chi connectivity index (χ0n) is 15.1. The fourth-order valence-corrected chi connectivity index (χ4v) is 4.15. The topological polar surface area (TPSA) is 102 Å². The predicted octanol–water partition coefficient (Wildman–Crippen LogP) is -0.786. The molecule has 1 aromatic rings. The Labute approximate surface area is 157 Å². The third kappa shape index (κ3) is 3.47. The van der Waals surface area contributed by atoms with Crippen LogP contribution < -0.4 is 10.6 Å². The average molecular weight is 372 g/mol. The zero-order chi connectivity index (χ0) is 19.0. The molecule has 0 bridgehead atoms. The van der Waals surface area contributed by atoms with Crippen LogP contribution in [0.15, 0.2) is 18.2 Å². The molecule has 2 saturated heterocycles. The molecule has 1 aromatic carbocycles. The van der Waals surface area contributed by atoms with Gasteiger partial charge in [-0.3, -0.25) is 24.6 Å². The maximum Gasteiger partial charge on any atom is 0.255 e. The predicted molar refractivity (Wildman–Crippen MR) is 96.6 cm³/mol. The van der Waals surface area contributed by atoms with Crippen LogP contribution in [-0.4, -0.2) is 71.0 Å². The number of piperazine rings is 1. The first-order chi connectivity index (χ1) is 13.1. The van der Waals surface area contributed by atoms with E-state index in [-0.39, 0.29) is 36.8 Å². The molecule has 8 heteroatoms. The van der Waals surface area contributed by atoms with E-state index in [1.54, 1.807) is 4.90 Å². The van der Waals surface area contributed by atoms with Crippen LogP contribution >= 0.6 is 0 Å². The number of benzene rings is 1. The van der Waals surface area contributed by atoms with Crippen molar-refractivity contribution in [2.75, 3.05) is 26.2 Å². The summed E-state index contributed by atoms with van der Waals surface area (Å²) in [7, 11) is 0. The molecule has 8 nitrogen and oxygen atoms in total. The third-order valence-corrected chi connectivity index (χ3v) is 5.66. The SMILES string of the molecule is O=C1CCC(N2Cc3cc(CN4CCNCC4CO)ccc3C2=O)C(=O)N1. The van der Waals surface area contributed by atoms with Crippen LogP contribution in [-0.2, 0) is 22.7 Å². The van der Waals surface area contributed by atoms with Crippen LogP contribution in [0.5, 0.6) is 0 Å². The van der Waals surface area contributed by atoms with Gasteiger partial charge in [0, 0.05) is 50.7 Å². The van der Waals surface area contributed by atoms with Crippen molar-refractivity contribution in [1.29, 1.82) is 0 Å². The van der Waals surface area contributed by atoms with Crippen molar-refractivity contribution in [1.82, 2.24) is 20.4 Å². The number of nitrogens with zero attached hydrogens (tertiary/aromatic N) is 2. The van der Waals surface area contributed by atoms with Crippen molar-refractivity contribution in [3.8, 4) is 0 Å². The Morgan fingerprint density at radius 3 is 2.85 bits per heavy atom. The van der Waals surface area contributed by atoms with Crippen LogP contribution in [0.25, 0.3) is 0 Å². The summed E-state index contributed by atoms with van der Waals surface area (Å²) in [6, 6.07) is 5.30. The lowest BCUT2D eigenvalue weighted by Gasteiger charge is -2.35. The van der Waals surface area contributed by atoms with E-state index in [9.17, 15) is 19.5 Å². The first kappa shape index (κ1) is 18.1. The first-order valence-corrected chi connectivity index (χ1v) is 9.39. The quantitative estimate of drug-likeness (QED) is 0.599. The number of piperidine rings is 1. The molecule has 0 aromatic heterocycles.